The quantitative estimate of drug-likeness (QED) is 0.0583. The van der Waals surface area contributed by atoms with Crippen molar-refractivity contribution < 1.29 is 14.1 Å². The molecule has 13 heteroatoms. The van der Waals surface area contributed by atoms with Crippen LogP contribution in [0.25, 0.3) is 10.2 Å². The Morgan fingerprint density at radius 1 is 1.08 bits per heavy atom. The van der Waals surface area contributed by atoms with Crippen LogP contribution in [0.5, 0.6) is 0 Å². The molecule has 190 valence electrons. The van der Waals surface area contributed by atoms with Gasteiger partial charge in [0.25, 0.3) is 5.69 Å². The van der Waals surface area contributed by atoms with E-state index in [1.807, 2.05) is 25.1 Å². The van der Waals surface area contributed by atoms with E-state index in [-0.39, 0.29) is 23.0 Å². The van der Waals surface area contributed by atoms with Crippen molar-refractivity contribution in [1.29, 1.82) is 0 Å². The summed E-state index contributed by atoms with van der Waals surface area (Å²) < 4.78 is 15.4. The first-order valence-corrected chi connectivity index (χ1v) is 14.4. The number of hydrogen-bond donors (Lipinski definition) is 0. The molecule has 0 saturated carbocycles. The number of aromatic nitrogens is 3. The maximum atomic E-state index is 13.1. The summed E-state index contributed by atoms with van der Waals surface area (Å²) in [5.74, 6) is -0.286. The molecule has 0 aliphatic heterocycles. The van der Waals surface area contributed by atoms with Crippen molar-refractivity contribution in [3.8, 4) is 0 Å². The van der Waals surface area contributed by atoms with E-state index < -0.39 is 4.92 Å². The van der Waals surface area contributed by atoms with Crippen molar-refractivity contribution in [3.05, 3.63) is 92.7 Å². The molecule has 0 aliphatic rings. The molecule has 0 atom stereocenters. The molecule has 0 fully saturated rings. The number of nitrogens with zero attached hydrogens (tertiary/aromatic N) is 5. The fraction of sp³-hybridized carbons (Fsp3) is 0.0800. The van der Waals surface area contributed by atoms with Crippen LogP contribution >= 0.6 is 46.2 Å². The highest BCUT2D eigenvalue weighted by Crippen LogP contribution is 2.37. The molecule has 0 spiro atoms. The Morgan fingerprint density at radius 2 is 1.89 bits per heavy atom. The highest BCUT2D eigenvalue weighted by Gasteiger charge is 2.17. The van der Waals surface area contributed by atoms with Gasteiger partial charge in [0.2, 0.25) is 0 Å². The number of aliphatic imine (C=N–C) groups is 1. The number of hydrogen-bond acceptors (Lipinski definition) is 11. The standard InChI is InChI=1S/C25H16FN5O3S4/c1-14-29-30-25(36-14)37-22-9-2-15(10-20(22)31(33)34)12-27-18-7-8-19-23(11-18)38-24(28-19)35-13-21(32)16-3-5-17(26)6-4-16/h2-12H,13H2,1H3. The van der Waals surface area contributed by atoms with E-state index in [0.717, 1.165) is 19.6 Å². The number of aryl methyl sites for hydroxylation is 1. The van der Waals surface area contributed by atoms with Crippen molar-refractivity contribution >= 4 is 79.8 Å². The molecule has 0 bridgehead atoms. The molecule has 2 heterocycles. The first kappa shape index (κ1) is 26.1. The van der Waals surface area contributed by atoms with Crippen LogP contribution < -0.4 is 0 Å². The summed E-state index contributed by atoms with van der Waals surface area (Å²) >= 11 is 5.36. The lowest BCUT2D eigenvalue weighted by molar-refractivity contribution is -0.387. The van der Waals surface area contributed by atoms with E-state index >= 15 is 0 Å². The third-order valence-electron chi connectivity index (χ3n) is 5.09. The Balaban J connectivity index is 1.28. The summed E-state index contributed by atoms with van der Waals surface area (Å²) in [5.41, 5.74) is 2.48. The lowest BCUT2D eigenvalue weighted by atomic mass is 10.1. The smallest absolute Gasteiger partial charge is 0.283 e. The van der Waals surface area contributed by atoms with Gasteiger partial charge in [-0.15, -0.1) is 21.5 Å². The minimum Gasteiger partial charge on any atom is -0.293 e. The number of thioether (sulfide) groups is 1. The Labute approximate surface area is 232 Å². The van der Waals surface area contributed by atoms with Crippen LogP contribution in [0.4, 0.5) is 15.8 Å². The van der Waals surface area contributed by atoms with Gasteiger partial charge >= 0.3 is 0 Å². The second-order valence-electron chi connectivity index (χ2n) is 7.78. The molecule has 3 aromatic carbocycles. The fourth-order valence-corrected chi connectivity index (χ4v) is 7.14. The van der Waals surface area contributed by atoms with Gasteiger partial charge in [0.15, 0.2) is 14.5 Å². The van der Waals surface area contributed by atoms with Crippen molar-refractivity contribution in [3.63, 3.8) is 0 Å². The van der Waals surface area contributed by atoms with Gasteiger partial charge in [-0.2, -0.15) is 0 Å². The average molecular weight is 582 g/mol. The minimum absolute atomic E-state index is 0.0263. The highest BCUT2D eigenvalue weighted by atomic mass is 32.2. The molecular weight excluding hydrogens is 566 g/mol. The minimum atomic E-state index is -0.420. The number of ketones is 1. The van der Waals surface area contributed by atoms with Crippen LogP contribution in [0, 0.1) is 22.9 Å². The van der Waals surface area contributed by atoms with Crippen molar-refractivity contribution in [2.45, 2.75) is 20.5 Å². The molecule has 2 aromatic heterocycles. The van der Waals surface area contributed by atoms with Crippen LogP contribution in [0.1, 0.15) is 20.9 Å². The molecule has 0 aliphatic carbocycles. The first-order valence-electron chi connectivity index (χ1n) is 11.0. The second kappa shape index (κ2) is 11.5. The fourth-order valence-electron chi connectivity index (χ4n) is 3.29. The largest absolute Gasteiger partial charge is 0.293 e. The molecule has 0 N–H and O–H groups in total. The Bertz CT molecular complexity index is 1680. The van der Waals surface area contributed by atoms with E-state index in [1.165, 1.54) is 76.5 Å². The maximum absolute atomic E-state index is 13.1. The van der Waals surface area contributed by atoms with Crippen LogP contribution in [0.15, 0.2) is 79.2 Å². The summed E-state index contributed by atoms with van der Waals surface area (Å²) in [7, 11) is 0. The van der Waals surface area contributed by atoms with E-state index in [9.17, 15) is 19.3 Å². The zero-order valence-electron chi connectivity index (χ0n) is 19.5. The monoisotopic (exact) mass is 581 g/mol. The van der Waals surface area contributed by atoms with Crippen molar-refractivity contribution in [2.75, 3.05) is 5.75 Å². The predicted molar refractivity (Wildman–Crippen MR) is 150 cm³/mol. The summed E-state index contributed by atoms with van der Waals surface area (Å²) in [6.07, 6.45) is 1.58. The van der Waals surface area contributed by atoms with E-state index in [0.29, 0.717) is 26.0 Å². The number of carbonyl (C=O) groups is 1. The lowest BCUT2D eigenvalue weighted by Crippen LogP contribution is -2.01. The molecule has 0 amide bonds. The molecule has 0 unspecified atom stereocenters. The van der Waals surface area contributed by atoms with Gasteiger partial charge in [0.1, 0.15) is 10.8 Å². The third-order valence-corrected chi connectivity index (χ3v) is 9.21. The highest BCUT2D eigenvalue weighted by molar-refractivity contribution is 8.01. The number of rotatable bonds is 9. The predicted octanol–water partition coefficient (Wildman–Crippen LogP) is 7.38. The van der Waals surface area contributed by atoms with Gasteiger partial charge in [0.05, 0.1) is 31.5 Å². The molecule has 8 nitrogen and oxygen atoms in total. The number of halogens is 1. The molecule has 5 rings (SSSR count). The molecular formula is C25H16FN5O3S4. The topological polar surface area (TPSA) is 111 Å². The zero-order chi connectivity index (χ0) is 26.6. The molecule has 0 radical (unpaired) electrons. The van der Waals surface area contributed by atoms with Gasteiger partial charge in [-0.1, -0.05) is 40.9 Å². The van der Waals surface area contributed by atoms with Crippen LogP contribution in [0.3, 0.4) is 0 Å². The Hall–Kier alpha value is -3.52. The Morgan fingerprint density at radius 3 is 2.63 bits per heavy atom. The van der Waals surface area contributed by atoms with E-state index in [1.54, 1.807) is 18.3 Å². The zero-order valence-corrected chi connectivity index (χ0v) is 22.8. The third kappa shape index (κ3) is 6.30. The number of nitro groups is 1. The van der Waals surface area contributed by atoms with Crippen LogP contribution in [0.2, 0.25) is 0 Å². The molecule has 38 heavy (non-hydrogen) atoms. The summed E-state index contributed by atoms with van der Waals surface area (Å²) in [4.78, 5) is 33.1. The Kier molecular flexibility index (Phi) is 7.88. The van der Waals surface area contributed by atoms with E-state index in [2.05, 4.69) is 20.2 Å². The average Bonchev–Trinajstić information content (AvgIpc) is 3.51. The van der Waals surface area contributed by atoms with Gasteiger partial charge in [-0.3, -0.25) is 19.9 Å². The van der Waals surface area contributed by atoms with Crippen LogP contribution in [-0.2, 0) is 0 Å². The summed E-state index contributed by atoms with van der Waals surface area (Å²) in [5, 5.41) is 20.4. The second-order valence-corrected chi connectivity index (χ2v) is 12.5. The summed E-state index contributed by atoms with van der Waals surface area (Å²) in [6, 6.07) is 16.0. The van der Waals surface area contributed by atoms with Gasteiger partial charge in [-0.05, 0) is 61.0 Å². The normalized spacial score (nSPS) is 11.4. The lowest BCUT2D eigenvalue weighted by Gasteiger charge is -2.01. The first-order chi connectivity index (χ1) is 18.3. The number of benzene rings is 3. The van der Waals surface area contributed by atoms with Crippen LogP contribution in [-0.4, -0.2) is 37.9 Å². The van der Waals surface area contributed by atoms with Gasteiger partial charge < -0.3 is 0 Å². The van der Waals surface area contributed by atoms with Gasteiger partial charge in [-0.25, -0.2) is 9.37 Å². The number of Topliss-reactive ketones (excluding diaryl/α,β-unsaturated/α-hetero) is 1. The molecule has 5 aromatic rings. The number of nitro benzene ring substituents is 1. The summed E-state index contributed by atoms with van der Waals surface area (Å²) in [6.45, 7) is 1.83. The van der Waals surface area contributed by atoms with Crippen molar-refractivity contribution in [2.24, 2.45) is 4.99 Å². The maximum Gasteiger partial charge on any atom is 0.283 e. The van der Waals surface area contributed by atoms with Gasteiger partial charge in [0, 0.05) is 17.8 Å². The number of thiazole rings is 1. The molecule has 0 saturated heterocycles. The SMILES string of the molecule is Cc1nnc(Sc2ccc(C=Nc3ccc4nc(SCC(=O)c5ccc(F)cc5)sc4c3)cc2[N+](=O)[O-])s1. The van der Waals surface area contributed by atoms with Crippen molar-refractivity contribution in [1.82, 2.24) is 15.2 Å². The van der Waals surface area contributed by atoms with E-state index in [4.69, 9.17) is 0 Å². The number of carbonyl (C=O) groups excluding carboxylic acids is 1. The number of fused-ring (bicyclic) bond motifs is 1.